The van der Waals surface area contributed by atoms with Crippen LogP contribution < -0.4 is 15.3 Å². The summed E-state index contributed by atoms with van der Waals surface area (Å²) in [6.07, 6.45) is 0.125. The average Bonchev–Trinajstić information content (AvgIpc) is 2.67. The van der Waals surface area contributed by atoms with Crippen molar-refractivity contribution >= 4 is 113 Å². The zero-order chi connectivity index (χ0) is 23.2. The predicted molar refractivity (Wildman–Crippen MR) is 130 cm³/mol. The highest BCUT2D eigenvalue weighted by atomic mass is 79.9. The smallest absolute Gasteiger partial charge is 0.0725 e. The highest BCUT2D eigenvalue weighted by Gasteiger charge is 2.28. The number of halogens is 6. The summed E-state index contributed by atoms with van der Waals surface area (Å²) in [4.78, 5) is 35.4. The molecule has 0 aliphatic carbocycles. The van der Waals surface area contributed by atoms with Gasteiger partial charge in [0.1, 0.15) is 0 Å². The molecule has 0 saturated heterocycles. The first-order valence-corrected chi connectivity index (χ1v) is 14.6. The Hall–Kier alpha value is 0.510. The van der Waals surface area contributed by atoms with Crippen molar-refractivity contribution in [2.45, 2.75) is 33.7 Å². The second kappa shape index (κ2) is 13.3. The van der Waals surface area contributed by atoms with Crippen LogP contribution >= 0.6 is 95.6 Å². The summed E-state index contributed by atoms with van der Waals surface area (Å²) in [6, 6.07) is 0. The van der Waals surface area contributed by atoms with Crippen molar-refractivity contribution in [3.8, 4) is 0 Å². The topological polar surface area (TPSA) is 120 Å². The van der Waals surface area contributed by atoms with Gasteiger partial charge in [-0.1, -0.05) is 95.6 Å². The van der Waals surface area contributed by atoms with Crippen LogP contribution in [-0.4, -0.2) is 48.4 Å². The van der Waals surface area contributed by atoms with Gasteiger partial charge in [-0.3, -0.25) is 0 Å². The Morgan fingerprint density at radius 1 is 0.567 bits per heavy atom. The van der Waals surface area contributed by atoms with Gasteiger partial charge in [0.2, 0.25) is 0 Å². The van der Waals surface area contributed by atoms with Crippen LogP contribution in [0.15, 0.2) is 0 Å². The summed E-state index contributed by atoms with van der Waals surface area (Å²) in [7, 11) is 0. The van der Waals surface area contributed by atoms with Crippen LogP contribution in [0.3, 0.4) is 0 Å². The van der Waals surface area contributed by atoms with Crippen molar-refractivity contribution in [1.29, 1.82) is 0 Å². The minimum Gasteiger partial charge on any atom is -0.545 e. The molecule has 6 nitrogen and oxygen atoms in total. The number of hydrogen-bond acceptors (Lipinski definition) is 6. The number of aromatic carboxylic acids is 3. The fraction of sp³-hybridized carbons (Fsp3) is 0.500. The molecule has 0 heterocycles. The van der Waals surface area contributed by atoms with Crippen molar-refractivity contribution in [2.75, 3.05) is 16.0 Å². The van der Waals surface area contributed by atoms with Crippen molar-refractivity contribution in [3.05, 3.63) is 33.4 Å². The van der Waals surface area contributed by atoms with Gasteiger partial charge in [0.25, 0.3) is 0 Å². The molecule has 0 radical (unpaired) electrons. The van der Waals surface area contributed by atoms with E-state index in [-0.39, 0.29) is 56.0 Å². The number of carbonyl (C=O) groups excluding carboxylic acids is 3. The van der Waals surface area contributed by atoms with E-state index in [0.717, 1.165) is 0 Å². The number of rotatable bonds is 12. The zero-order valence-corrected chi connectivity index (χ0v) is 24.7. The Bertz CT molecular complexity index is 815. The van der Waals surface area contributed by atoms with Gasteiger partial charge >= 0.3 is 0 Å². The molecular formula is C18H15Br6O6-3. The molecule has 168 valence electrons. The molecule has 0 aromatic heterocycles. The van der Waals surface area contributed by atoms with Crippen molar-refractivity contribution < 1.29 is 29.7 Å². The summed E-state index contributed by atoms with van der Waals surface area (Å²) in [6.45, 7) is 0. The Morgan fingerprint density at radius 2 is 0.833 bits per heavy atom. The molecule has 0 aliphatic heterocycles. The molecule has 0 fully saturated rings. The first-order valence-electron chi connectivity index (χ1n) is 8.44. The van der Waals surface area contributed by atoms with Gasteiger partial charge in [-0.15, -0.1) is 0 Å². The van der Waals surface area contributed by atoms with E-state index in [2.05, 4.69) is 95.6 Å². The summed E-state index contributed by atoms with van der Waals surface area (Å²) in [5, 5.41) is 37.5. The van der Waals surface area contributed by atoms with Gasteiger partial charge in [0.15, 0.2) is 0 Å². The normalized spacial score (nSPS) is 14.2. The fourth-order valence-electron chi connectivity index (χ4n) is 3.09. The Morgan fingerprint density at radius 3 is 1.13 bits per heavy atom. The van der Waals surface area contributed by atoms with Crippen LogP contribution in [-0.2, 0) is 19.3 Å². The molecule has 1 aromatic rings. The standard InChI is InChI=1S/C18H18Br6O6/c19-4-7(22)1-10-11(2-8(23)5-20)14(17(27)28)15(18(29)30)12(3-9(24)6-21)13(10)16(25)26/h7-9H,1-6H2,(H,25,26)(H,27,28)(H,29,30)/p-3. The fourth-order valence-corrected chi connectivity index (χ4v) is 4.75. The summed E-state index contributed by atoms with van der Waals surface area (Å²) >= 11 is 20.0. The maximum absolute atomic E-state index is 12.2. The Kier molecular flexibility index (Phi) is 12.6. The lowest BCUT2D eigenvalue weighted by atomic mass is 9.81. The molecular weight excluding hydrogens is 792 g/mol. The second-order valence-electron chi connectivity index (χ2n) is 6.29. The van der Waals surface area contributed by atoms with Gasteiger partial charge in [0, 0.05) is 47.2 Å². The van der Waals surface area contributed by atoms with E-state index in [4.69, 9.17) is 0 Å². The second-order valence-corrected chi connectivity index (χ2v) is 12.1. The van der Waals surface area contributed by atoms with E-state index < -0.39 is 29.0 Å². The first-order chi connectivity index (χ1) is 14.0. The SMILES string of the molecule is O=C([O-])c1c(CC(Br)CBr)c(CC(Br)CBr)c(C(=O)[O-])c(C(=O)[O-])c1CC(Br)CBr. The number of carboxylic acid groups (broad SMARTS) is 3. The van der Waals surface area contributed by atoms with Crippen LogP contribution in [0.4, 0.5) is 0 Å². The number of carbonyl (C=O) groups is 3. The maximum atomic E-state index is 12.2. The van der Waals surface area contributed by atoms with Crippen LogP contribution in [0.5, 0.6) is 0 Å². The third-order valence-electron chi connectivity index (χ3n) is 4.21. The third kappa shape index (κ3) is 7.26. The summed E-state index contributed by atoms with van der Waals surface area (Å²) < 4.78 is 0. The highest BCUT2D eigenvalue weighted by molar-refractivity contribution is 9.12. The van der Waals surface area contributed by atoms with Crippen molar-refractivity contribution in [2.24, 2.45) is 0 Å². The maximum Gasteiger partial charge on any atom is 0.0725 e. The van der Waals surface area contributed by atoms with Gasteiger partial charge in [0.05, 0.1) is 17.9 Å². The third-order valence-corrected chi connectivity index (χ3v) is 11.1. The van der Waals surface area contributed by atoms with Gasteiger partial charge in [-0.2, -0.15) is 0 Å². The molecule has 1 aromatic carbocycles. The Balaban J connectivity index is 4.16. The van der Waals surface area contributed by atoms with Crippen LogP contribution in [0.2, 0.25) is 0 Å². The lowest BCUT2D eigenvalue weighted by molar-refractivity contribution is -0.260. The van der Waals surface area contributed by atoms with E-state index in [1.54, 1.807) is 0 Å². The lowest BCUT2D eigenvalue weighted by Gasteiger charge is -2.30. The van der Waals surface area contributed by atoms with Crippen LogP contribution in [0.25, 0.3) is 0 Å². The van der Waals surface area contributed by atoms with E-state index in [1.165, 1.54) is 0 Å². The number of carboxylic acids is 3. The molecule has 0 bridgehead atoms. The quantitative estimate of drug-likeness (QED) is 0.298. The molecule has 0 amide bonds. The van der Waals surface area contributed by atoms with Crippen LogP contribution in [0, 0.1) is 0 Å². The first kappa shape index (κ1) is 28.5. The molecule has 3 atom stereocenters. The molecule has 3 unspecified atom stereocenters. The minimum atomic E-state index is -1.78. The monoisotopic (exact) mass is 801 g/mol. The largest absolute Gasteiger partial charge is 0.545 e. The molecule has 0 saturated carbocycles. The van der Waals surface area contributed by atoms with E-state index >= 15 is 0 Å². The number of alkyl halides is 6. The zero-order valence-electron chi connectivity index (χ0n) is 15.2. The van der Waals surface area contributed by atoms with E-state index in [1.807, 2.05) is 0 Å². The molecule has 12 heteroatoms. The van der Waals surface area contributed by atoms with Gasteiger partial charge < -0.3 is 29.7 Å². The summed E-state index contributed by atoms with van der Waals surface area (Å²) in [5.74, 6) is -5.07. The molecule has 30 heavy (non-hydrogen) atoms. The minimum absolute atomic E-state index is 0.0585. The molecule has 1 rings (SSSR count). The van der Waals surface area contributed by atoms with Crippen molar-refractivity contribution in [1.82, 2.24) is 0 Å². The predicted octanol–water partition coefficient (Wildman–Crippen LogP) is 1.88. The molecule has 0 N–H and O–H groups in total. The number of benzene rings is 1. The lowest BCUT2D eigenvalue weighted by Crippen LogP contribution is -2.37. The highest BCUT2D eigenvalue weighted by Crippen LogP contribution is 2.34. The Labute approximate surface area is 224 Å². The average molecular weight is 807 g/mol. The van der Waals surface area contributed by atoms with Crippen LogP contribution in [0.1, 0.15) is 47.8 Å². The van der Waals surface area contributed by atoms with E-state index in [0.29, 0.717) is 16.0 Å². The van der Waals surface area contributed by atoms with Gasteiger partial charge in [-0.25, -0.2) is 0 Å². The van der Waals surface area contributed by atoms with Crippen molar-refractivity contribution in [3.63, 3.8) is 0 Å². The summed E-state index contributed by atoms with van der Waals surface area (Å²) in [5.41, 5.74) is -1.44. The van der Waals surface area contributed by atoms with E-state index in [9.17, 15) is 29.7 Å². The molecule has 0 aliphatic rings. The van der Waals surface area contributed by atoms with Gasteiger partial charge in [-0.05, 0) is 36.0 Å². The number of hydrogen-bond donors (Lipinski definition) is 0. The molecule has 0 spiro atoms.